The fourth-order valence-corrected chi connectivity index (χ4v) is 2.62. The largest absolute Gasteiger partial charge is 0.299 e. The molecule has 1 heterocycles. The number of hydrogen-bond donors (Lipinski definition) is 0. The summed E-state index contributed by atoms with van der Waals surface area (Å²) in [6.07, 6.45) is 9.28. The van der Waals surface area contributed by atoms with Gasteiger partial charge in [0.25, 0.3) is 0 Å². The first-order valence-corrected chi connectivity index (χ1v) is 7.27. The summed E-state index contributed by atoms with van der Waals surface area (Å²) >= 11 is 0. The van der Waals surface area contributed by atoms with Crippen molar-refractivity contribution in [3.05, 3.63) is 18.0 Å². The molecule has 0 N–H and O–H groups in total. The number of nitrogens with zero attached hydrogens (tertiary/aromatic N) is 2. The molecule has 1 aliphatic rings. The van der Waals surface area contributed by atoms with E-state index in [1.165, 1.54) is 12.8 Å². The van der Waals surface area contributed by atoms with E-state index in [0.29, 0.717) is 11.8 Å². The molecule has 1 saturated carbocycles. The molecule has 0 spiro atoms. The van der Waals surface area contributed by atoms with Gasteiger partial charge in [0.15, 0.2) is 0 Å². The molecule has 2 atom stereocenters. The Bertz CT molecular complexity index is 397. The van der Waals surface area contributed by atoms with Crippen molar-refractivity contribution in [2.75, 3.05) is 0 Å². The lowest BCUT2D eigenvalue weighted by Crippen LogP contribution is -2.16. The number of rotatable bonds is 4. The summed E-state index contributed by atoms with van der Waals surface area (Å²) < 4.78 is 2.02. The molecule has 0 aliphatic heterocycles. The topological polar surface area (TPSA) is 34.9 Å². The molecule has 0 saturated heterocycles. The maximum Gasteiger partial charge on any atom is 0.136 e. The summed E-state index contributed by atoms with van der Waals surface area (Å²) in [6.45, 7) is 4.34. The second-order valence-electron chi connectivity index (χ2n) is 5.51. The minimum absolute atomic E-state index is 0.216. The molecular formula is C15H24N2O. The van der Waals surface area contributed by atoms with Gasteiger partial charge in [0.05, 0.1) is 5.69 Å². The van der Waals surface area contributed by atoms with Gasteiger partial charge in [0.2, 0.25) is 0 Å². The van der Waals surface area contributed by atoms with Crippen molar-refractivity contribution in [1.82, 2.24) is 9.78 Å². The zero-order chi connectivity index (χ0) is 13.0. The Morgan fingerprint density at radius 2 is 2.28 bits per heavy atom. The molecule has 100 valence electrons. The van der Waals surface area contributed by atoms with E-state index in [9.17, 15) is 4.79 Å². The van der Waals surface area contributed by atoms with Gasteiger partial charge < -0.3 is 0 Å². The highest BCUT2D eigenvalue weighted by Gasteiger charge is 2.22. The minimum Gasteiger partial charge on any atom is -0.299 e. The molecule has 1 aromatic rings. The Morgan fingerprint density at radius 1 is 1.44 bits per heavy atom. The normalized spacial score (nSPS) is 22.8. The Labute approximate surface area is 110 Å². The number of hydrogen-bond acceptors (Lipinski definition) is 2. The molecule has 1 fully saturated rings. The van der Waals surface area contributed by atoms with E-state index in [1.54, 1.807) is 0 Å². The number of Topliss-reactive ketones (excluding diaryl/α,β-unsaturated/α-hetero) is 1. The van der Waals surface area contributed by atoms with Crippen LogP contribution in [-0.2, 0) is 11.2 Å². The first-order valence-electron chi connectivity index (χ1n) is 7.27. The van der Waals surface area contributed by atoms with E-state index in [1.807, 2.05) is 10.9 Å². The van der Waals surface area contributed by atoms with Gasteiger partial charge >= 0.3 is 0 Å². The molecule has 1 aliphatic carbocycles. The Balaban J connectivity index is 1.99. The molecule has 3 heteroatoms. The van der Waals surface area contributed by atoms with Crippen molar-refractivity contribution >= 4 is 5.78 Å². The molecule has 3 nitrogen and oxygen atoms in total. The first-order chi connectivity index (χ1) is 8.70. The van der Waals surface area contributed by atoms with Crippen LogP contribution in [0.3, 0.4) is 0 Å². The summed E-state index contributed by atoms with van der Waals surface area (Å²) in [7, 11) is 0. The van der Waals surface area contributed by atoms with Crippen LogP contribution in [0.25, 0.3) is 0 Å². The van der Waals surface area contributed by atoms with Crippen molar-refractivity contribution in [1.29, 1.82) is 0 Å². The maximum absolute atomic E-state index is 12.0. The van der Waals surface area contributed by atoms with Crippen LogP contribution in [0, 0.1) is 5.92 Å². The van der Waals surface area contributed by atoms with Crippen LogP contribution < -0.4 is 0 Å². The molecule has 0 bridgehead atoms. The van der Waals surface area contributed by atoms with Gasteiger partial charge in [-0.1, -0.05) is 19.8 Å². The maximum atomic E-state index is 12.0. The first kappa shape index (κ1) is 13.3. The van der Waals surface area contributed by atoms with Gasteiger partial charge in [-0.2, -0.15) is 5.10 Å². The van der Waals surface area contributed by atoms with E-state index in [-0.39, 0.29) is 5.92 Å². The zero-order valence-corrected chi connectivity index (χ0v) is 11.6. The van der Waals surface area contributed by atoms with Crippen molar-refractivity contribution in [2.45, 2.75) is 64.8 Å². The average Bonchev–Trinajstić information content (AvgIpc) is 2.75. The van der Waals surface area contributed by atoms with E-state index in [0.717, 1.165) is 37.8 Å². The van der Waals surface area contributed by atoms with E-state index in [4.69, 9.17) is 0 Å². The molecule has 2 rings (SSSR count). The highest BCUT2D eigenvalue weighted by molar-refractivity contribution is 5.81. The zero-order valence-electron chi connectivity index (χ0n) is 11.6. The molecule has 1 aromatic heterocycles. The molecule has 0 amide bonds. The van der Waals surface area contributed by atoms with E-state index >= 15 is 0 Å². The summed E-state index contributed by atoms with van der Waals surface area (Å²) in [4.78, 5) is 12.0. The van der Waals surface area contributed by atoms with Gasteiger partial charge in [0, 0.05) is 31.0 Å². The predicted octanol–water partition coefficient (Wildman–Crippen LogP) is 3.55. The third-order valence-electron chi connectivity index (χ3n) is 4.09. The Kier molecular flexibility index (Phi) is 4.56. The highest BCUT2D eigenvalue weighted by atomic mass is 16.1. The number of carbonyl (C=O) groups is 1. The molecular weight excluding hydrogens is 224 g/mol. The van der Waals surface area contributed by atoms with E-state index in [2.05, 4.69) is 25.0 Å². The van der Waals surface area contributed by atoms with Crippen molar-refractivity contribution in [2.24, 2.45) is 5.92 Å². The lowest BCUT2D eigenvalue weighted by atomic mass is 9.94. The third kappa shape index (κ3) is 3.21. The monoisotopic (exact) mass is 248 g/mol. The van der Waals surface area contributed by atoms with Crippen LogP contribution in [0.15, 0.2) is 12.3 Å². The minimum atomic E-state index is 0.216. The van der Waals surface area contributed by atoms with Crippen molar-refractivity contribution in [3.63, 3.8) is 0 Å². The number of carbonyl (C=O) groups excluding carboxylic acids is 1. The molecule has 0 radical (unpaired) electrons. The second-order valence-corrected chi connectivity index (χ2v) is 5.51. The summed E-state index contributed by atoms with van der Waals surface area (Å²) in [5.41, 5.74) is 1.08. The SMILES string of the molecule is CCC(C)n1ccc(CC2CCCCCC2=O)n1. The van der Waals surface area contributed by atoms with Crippen molar-refractivity contribution in [3.8, 4) is 0 Å². The standard InChI is InChI=1S/C15H24N2O/c1-3-12(2)17-10-9-14(16-17)11-13-7-5-4-6-8-15(13)18/h9-10,12-13H,3-8,11H2,1-2H3. The Morgan fingerprint density at radius 3 is 3.06 bits per heavy atom. The summed E-state index contributed by atoms with van der Waals surface area (Å²) in [5, 5.41) is 4.60. The molecule has 18 heavy (non-hydrogen) atoms. The van der Waals surface area contributed by atoms with Crippen LogP contribution in [0.4, 0.5) is 0 Å². The lowest BCUT2D eigenvalue weighted by Gasteiger charge is -2.11. The second kappa shape index (κ2) is 6.17. The number of ketones is 1. The van der Waals surface area contributed by atoms with Gasteiger partial charge in [-0.15, -0.1) is 0 Å². The smallest absolute Gasteiger partial charge is 0.136 e. The van der Waals surface area contributed by atoms with Crippen LogP contribution >= 0.6 is 0 Å². The third-order valence-corrected chi connectivity index (χ3v) is 4.09. The number of aromatic nitrogens is 2. The molecule has 0 aromatic carbocycles. The van der Waals surface area contributed by atoms with Crippen LogP contribution in [0.5, 0.6) is 0 Å². The lowest BCUT2D eigenvalue weighted by molar-refractivity contribution is -0.122. The average molecular weight is 248 g/mol. The fraction of sp³-hybridized carbons (Fsp3) is 0.733. The molecule has 2 unspecified atom stereocenters. The highest BCUT2D eigenvalue weighted by Crippen LogP contribution is 2.23. The Hall–Kier alpha value is -1.12. The summed E-state index contributed by atoms with van der Waals surface area (Å²) in [5.74, 6) is 0.665. The summed E-state index contributed by atoms with van der Waals surface area (Å²) in [6, 6.07) is 2.52. The quantitative estimate of drug-likeness (QED) is 0.764. The van der Waals surface area contributed by atoms with Crippen LogP contribution in [0.2, 0.25) is 0 Å². The van der Waals surface area contributed by atoms with Crippen LogP contribution in [0.1, 0.15) is 64.1 Å². The fourth-order valence-electron chi connectivity index (χ4n) is 2.62. The van der Waals surface area contributed by atoms with Gasteiger partial charge in [0.1, 0.15) is 5.78 Å². The van der Waals surface area contributed by atoms with E-state index < -0.39 is 0 Å². The van der Waals surface area contributed by atoms with Gasteiger partial charge in [-0.3, -0.25) is 9.48 Å². The predicted molar refractivity (Wildman–Crippen MR) is 72.5 cm³/mol. The van der Waals surface area contributed by atoms with Gasteiger partial charge in [-0.25, -0.2) is 0 Å². The van der Waals surface area contributed by atoms with Crippen LogP contribution in [-0.4, -0.2) is 15.6 Å². The van der Waals surface area contributed by atoms with Gasteiger partial charge in [-0.05, 0) is 32.3 Å². The van der Waals surface area contributed by atoms with Crippen molar-refractivity contribution < 1.29 is 4.79 Å².